The molecule has 0 spiro atoms. The minimum atomic E-state index is 0. The van der Waals surface area contributed by atoms with Gasteiger partial charge in [-0.3, -0.25) is 14.8 Å². The molecule has 2 rings (SSSR count). The number of carbonyl (C=O) groups excluding carboxylic acids is 1. The molecule has 0 fully saturated rings. The Morgan fingerprint density at radius 3 is 2.42 bits per heavy atom. The molecule has 1 heterocycles. The first-order chi connectivity index (χ1) is 12.1. The van der Waals surface area contributed by atoms with E-state index in [1.165, 1.54) is 0 Å². The molecule has 0 bridgehead atoms. The highest BCUT2D eigenvalue weighted by Gasteiger charge is 2.07. The van der Waals surface area contributed by atoms with E-state index in [1.807, 2.05) is 42.5 Å². The Labute approximate surface area is 172 Å². The van der Waals surface area contributed by atoms with Gasteiger partial charge in [-0.05, 0) is 29.8 Å². The van der Waals surface area contributed by atoms with Crippen LogP contribution in [0.5, 0.6) is 0 Å². The number of aromatic nitrogens is 1. The molecular formula is C19H26IN5O. The molecule has 0 saturated carbocycles. The molecule has 26 heavy (non-hydrogen) atoms. The lowest BCUT2D eigenvalue weighted by Crippen LogP contribution is -2.37. The zero-order chi connectivity index (χ0) is 18.1. The number of rotatable bonds is 6. The number of nitrogens with one attached hydrogen (secondary N) is 2. The summed E-state index contributed by atoms with van der Waals surface area (Å²) in [4.78, 5) is 22.0. The van der Waals surface area contributed by atoms with Gasteiger partial charge < -0.3 is 15.5 Å². The molecule has 1 aromatic carbocycles. The number of guanidine groups is 1. The molecule has 1 amide bonds. The molecule has 7 heteroatoms. The molecule has 2 aromatic rings. The number of pyridine rings is 1. The van der Waals surface area contributed by atoms with Gasteiger partial charge in [-0.2, -0.15) is 0 Å². The van der Waals surface area contributed by atoms with Gasteiger partial charge in [0, 0.05) is 58.1 Å². The minimum Gasteiger partial charge on any atom is -0.356 e. The summed E-state index contributed by atoms with van der Waals surface area (Å²) < 4.78 is 0. The smallest absolute Gasteiger partial charge is 0.253 e. The maximum Gasteiger partial charge on any atom is 0.253 e. The average molecular weight is 467 g/mol. The van der Waals surface area contributed by atoms with Gasteiger partial charge >= 0.3 is 0 Å². The zero-order valence-corrected chi connectivity index (χ0v) is 17.7. The Hall–Kier alpha value is -2.16. The van der Waals surface area contributed by atoms with Crippen molar-refractivity contribution in [1.29, 1.82) is 0 Å². The van der Waals surface area contributed by atoms with Gasteiger partial charge in [0.2, 0.25) is 0 Å². The SMILES string of the molecule is CN=C(NCCc1ccccn1)NCc1ccc(C(=O)N(C)C)cc1.I. The number of hydrogen-bond donors (Lipinski definition) is 2. The highest BCUT2D eigenvalue weighted by molar-refractivity contribution is 14.0. The van der Waals surface area contributed by atoms with Gasteiger partial charge in [0.05, 0.1) is 0 Å². The molecule has 0 saturated heterocycles. The summed E-state index contributed by atoms with van der Waals surface area (Å²) in [7, 11) is 5.24. The van der Waals surface area contributed by atoms with Crippen LogP contribution < -0.4 is 10.6 Å². The van der Waals surface area contributed by atoms with Crippen LogP contribution in [0.25, 0.3) is 0 Å². The van der Waals surface area contributed by atoms with E-state index in [1.54, 1.807) is 32.2 Å². The second-order valence-electron chi connectivity index (χ2n) is 5.82. The summed E-state index contributed by atoms with van der Waals surface area (Å²) in [5, 5.41) is 6.54. The highest BCUT2D eigenvalue weighted by Crippen LogP contribution is 2.06. The Morgan fingerprint density at radius 2 is 1.85 bits per heavy atom. The molecular weight excluding hydrogens is 441 g/mol. The minimum absolute atomic E-state index is 0. The predicted octanol–water partition coefficient (Wildman–Crippen LogP) is 2.31. The van der Waals surface area contributed by atoms with Crippen LogP contribution >= 0.6 is 24.0 Å². The largest absolute Gasteiger partial charge is 0.356 e. The molecule has 6 nitrogen and oxygen atoms in total. The van der Waals surface area contributed by atoms with Crippen LogP contribution in [0.3, 0.4) is 0 Å². The molecule has 0 aliphatic rings. The molecule has 0 aliphatic carbocycles. The topological polar surface area (TPSA) is 69.6 Å². The first kappa shape index (κ1) is 21.9. The Balaban J connectivity index is 0.00000338. The van der Waals surface area contributed by atoms with Gasteiger partial charge in [-0.25, -0.2) is 0 Å². The number of nitrogens with zero attached hydrogens (tertiary/aromatic N) is 3. The van der Waals surface area contributed by atoms with Crippen LogP contribution in [0.15, 0.2) is 53.7 Å². The Bertz CT molecular complexity index is 702. The van der Waals surface area contributed by atoms with Crippen LogP contribution in [0.4, 0.5) is 0 Å². The summed E-state index contributed by atoms with van der Waals surface area (Å²) in [5.41, 5.74) is 2.82. The Kier molecular flexibility index (Phi) is 9.64. The van der Waals surface area contributed by atoms with Crippen molar-refractivity contribution in [1.82, 2.24) is 20.5 Å². The van der Waals surface area contributed by atoms with Crippen LogP contribution in [0.1, 0.15) is 21.6 Å². The van der Waals surface area contributed by atoms with E-state index in [9.17, 15) is 4.79 Å². The van der Waals surface area contributed by atoms with E-state index in [2.05, 4.69) is 20.6 Å². The number of benzene rings is 1. The van der Waals surface area contributed by atoms with Crippen molar-refractivity contribution in [3.8, 4) is 0 Å². The number of aliphatic imine (C=N–C) groups is 1. The molecule has 140 valence electrons. The van der Waals surface area contributed by atoms with Gasteiger partial charge in [0.1, 0.15) is 0 Å². The molecule has 0 aliphatic heterocycles. The van der Waals surface area contributed by atoms with Crippen LogP contribution in [0, 0.1) is 0 Å². The summed E-state index contributed by atoms with van der Waals surface area (Å²) in [6.07, 6.45) is 2.63. The van der Waals surface area contributed by atoms with E-state index < -0.39 is 0 Å². The van der Waals surface area contributed by atoms with Crippen molar-refractivity contribution in [2.45, 2.75) is 13.0 Å². The first-order valence-corrected chi connectivity index (χ1v) is 8.25. The fourth-order valence-corrected chi connectivity index (χ4v) is 2.28. The second-order valence-corrected chi connectivity index (χ2v) is 5.82. The molecule has 2 N–H and O–H groups in total. The van der Waals surface area contributed by atoms with Crippen molar-refractivity contribution >= 4 is 35.8 Å². The molecule has 0 atom stereocenters. The van der Waals surface area contributed by atoms with Crippen molar-refractivity contribution < 1.29 is 4.79 Å². The van der Waals surface area contributed by atoms with Crippen molar-refractivity contribution in [3.63, 3.8) is 0 Å². The van der Waals surface area contributed by atoms with E-state index >= 15 is 0 Å². The van der Waals surface area contributed by atoms with Crippen LogP contribution in [-0.2, 0) is 13.0 Å². The lowest BCUT2D eigenvalue weighted by molar-refractivity contribution is 0.0827. The lowest BCUT2D eigenvalue weighted by atomic mass is 10.1. The normalized spacial score (nSPS) is 10.7. The number of carbonyl (C=O) groups is 1. The fourth-order valence-electron chi connectivity index (χ4n) is 2.28. The summed E-state index contributed by atoms with van der Waals surface area (Å²) >= 11 is 0. The average Bonchev–Trinajstić information content (AvgIpc) is 2.65. The van der Waals surface area contributed by atoms with E-state index in [-0.39, 0.29) is 29.9 Å². The van der Waals surface area contributed by atoms with Gasteiger partial charge in [-0.15, -0.1) is 24.0 Å². The van der Waals surface area contributed by atoms with Crippen LogP contribution in [0.2, 0.25) is 0 Å². The fraction of sp³-hybridized carbons (Fsp3) is 0.316. The van der Waals surface area contributed by atoms with E-state index in [4.69, 9.17) is 0 Å². The Morgan fingerprint density at radius 1 is 1.12 bits per heavy atom. The van der Waals surface area contributed by atoms with Crippen LogP contribution in [-0.4, -0.2) is 49.4 Å². The standard InChI is InChI=1S/C19H25N5O.HI/c1-20-19(22-13-11-17-6-4-5-12-21-17)23-14-15-7-9-16(10-8-15)18(25)24(2)3;/h4-10,12H,11,13-14H2,1-3H3,(H2,20,22,23);1H. The monoisotopic (exact) mass is 467 g/mol. The maximum absolute atomic E-state index is 11.9. The predicted molar refractivity (Wildman–Crippen MR) is 116 cm³/mol. The van der Waals surface area contributed by atoms with Crippen molar-refractivity contribution in [3.05, 3.63) is 65.5 Å². The first-order valence-electron chi connectivity index (χ1n) is 8.25. The quantitative estimate of drug-likeness (QED) is 0.389. The summed E-state index contributed by atoms with van der Waals surface area (Å²) in [6.45, 7) is 1.40. The third-order valence-corrected chi connectivity index (χ3v) is 3.69. The molecule has 1 aromatic heterocycles. The third kappa shape index (κ3) is 6.99. The zero-order valence-electron chi connectivity index (χ0n) is 15.4. The van der Waals surface area contributed by atoms with Crippen molar-refractivity contribution in [2.75, 3.05) is 27.7 Å². The van der Waals surface area contributed by atoms with Gasteiger partial charge in [0.15, 0.2) is 5.96 Å². The second kappa shape index (κ2) is 11.5. The maximum atomic E-state index is 11.9. The van der Waals surface area contributed by atoms with Gasteiger partial charge in [-0.1, -0.05) is 18.2 Å². The number of amides is 1. The van der Waals surface area contributed by atoms with E-state index in [0.29, 0.717) is 12.1 Å². The summed E-state index contributed by atoms with van der Waals surface area (Å²) in [6, 6.07) is 13.5. The molecule has 0 radical (unpaired) electrons. The molecule has 0 unspecified atom stereocenters. The number of halogens is 1. The van der Waals surface area contributed by atoms with Gasteiger partial charge in [0.25, 0.3) is 5.91 Å². The van der Waals surface area contributed by atoms with Crippen molar-refractivity contribution in [2.24, 2.45) is 4.99 Å². The lowest BCUT2D eigenvalue weighted by Gasteiger charge is -2.13. The van der Waals surface area contributed by atoms with E-state index in [0.717, 1.165) is 30.2 Å². The third-order valence-electron chi connectivity index (χ3n) is 3.69. The summed E-state index contributed by atoms with van der Waals surface area (Å²) in [5.74, 6) is 0.746. The highest BCUT2D eigenvalue weighted by atomic mass is 127. The number of hydrogen-bond acceptors (Lipinski definition) is 3.